The first-order valence-electron chi connectivity index (χ1n) is 3.56. The van der Waals surface area contributed by atoms with E-state index >= 15 is 0 Å². The number of rotatable bonds is 1. The molecule has 56 valence electrons. The first-order chi connectivity index (χ1) is 5.40. The van der Waals surface area contributed by atoms with Gasteiger partial charge in [0.25, 0.3) is 0 Å². The predicted molar refractivity (Wildman–Crippen MR) is 43.3 cm³/mol. The van der Waals surface area contributed by atoms with Crippen molar-refractivity contribution >= 4 is 5.52 Å². The molecule has 2 rings (SSSR count). The molecule has 0 aromatic carbocycles. The average Bonchev–Trinajstić information content (AvgIpc) is 2.50. The molecule has 0 saturated carbocycles. The molecule has 0 unspecified atom stereocenters. The Bertz CT molecular complexity index is 364. The van der Waals surface area contributed by atoms with Crippen molar-refractivity contribution in [3.05, 3.63) is 42.2 Å². The highest BCUT2D eigenvalue weighted by Crippen LogP contribution is 2.06. The van der Waals surface area contributed by atoms with Gasteiger partial charge in [-0.05, 0) is 23.8 Å². The fourth-order valence-electron chi connectivity index (χ4n) is 1.17. The van der Waals surface area contributed by atoms with Gasteiger partial charge < -0.3 is 9.51 Å². The number of nitrogens with zero attached hydrogens (tertiary/aromatic N) is 1. The number of aromatic nitrogens is 1. The molecule has 0 radical (unpaired) electrons. The summed E-state index contributed by atoms with van der Waals surface area (Å²) in [6.45, 7) is 0.105. The molecule has 0 saturated heterocycles. The van der Waals surface area contributed by atoms with Gasteiger partial charge in [0.15, 0.2) is 0 Å². The van der Waals surface area contributed by atoms with Crippen LogP contribution in [0.5, 0.6) is 0 Å². The number of aliphatic hydroxyl groups excluding tert-OH is 1. The van der Waals surface area contributed by atoms with Gasteiger partial charge >= 0.3 is 0 Å². The smallest absolute Gasteiger partial charge is 0.0696 e. The summed E-state index contributed by atoms with van der Waals surface area (Å²) in [7, 11) is 0. The highest BCUT2D eigenvalue weighted by Gasteiger charge is 1.92. The zero-order valence-electron chi connectivity index (χ0n) is 6.07. The number of pyridine rings is 1. The van der Waals surface area contributed by atoms with Crippen LogP contribution in [0.15, 0.2) is 36.7 Å². The summed E-state index contributed by atoms with van der Waals surface area (Å²) >= 11 is 0. The van der Waals surface area contributed by atoms with Crippen LogP contribution in [0.4, 0.5) is 0 Å². The van der Waals surface area contributed by atoms with Gasteiger partial charge in [-0.15, -0.1) is 0 Å². The Morgan fingerprint density at radius 1 is 1.27 bits per heavy atom. The van der Waals surface area contributed by atoms with Crippen LogP contribution in [-0.4, -0.2) is 9.51 Å². The van der Waals surface area contributed by atoms with Gasteiger partial charge in [0.05, 0.1) is 6.61 Å². The highest BCUT2D eigenvalue weighted by molar-refractivity contribution is 5.47. The van der Waals surface area contributed by atoms with Gasteiger partial charge in [0.2, 0.25) is 0 Å². The van der Waals surface area contributed by atoms with Crippen LogP contribution in [0, 0.1) is 0 Å². The van der Waals surface area contributed by atoms with Crippen molar-refractivity contribution < 1.29 is 5.11 Å². The molecule has 0 spiro atoms. The highest BCUT2D eigenvalue weighted by atomic mass is 16.3. The first kappa shape index (κ1) is 6.43. The summed E-state index contributed by atoms with van der Waals surface area (Å²) in [6.07, 6.45) is 3.89. The lowest BCUT2D eigenvalue weighted by Crippen LogP contribution is -1.87. The second-order valence-electron chi connectivity index (χ2n) is 2.54. The van der Waals surface area contributed by atoms with Crippen molar-refractivity contribution in [2.24, 2.45) is 0 Å². The van der Waals surface area contributed by atoms with E-state index in [1.165, 1.54) is 0 Å². The Kier molecular flexibility index (Phi) is 1.40. The minimum Gasteiger partial charge on any atom is -0.392 e. The molecule has 1 N–H and O–H groups in total. The zero-order chi connectivity index (χ0) is 7.68. The Morgan fingerprint density at radius 3 is 3.00 bits per heavy atom. The van der Waals surface area contributed by atoms with Gasteiger partial charge in [-0.25, -0.2) is 0 Å². The second kappa shape index (κ2) is 2.40. The minimum absolute atomic E-state index is 0.105. The minimum atomic E-state index is 0.105. The van der Waals surface area contributed by atoms with Gasteiger partial charge in [-0.2, -0.15) is 0 Å². The van der Waals surface area contributed by atoms with Gasteiger partial charge in [-0.1, -0.05) is 6.07 Å². The van der Waals surface area contributed by atoms with E-state index in [9.17, 15) is 0 Å². The molecule has 0 atom stereocenters. The quantitative estimate of drug-likeness (QED) is 0.648. The Balaban J connectivity index is 2.67. The summed E-state index contributed by atoms with van der Waals surface area (Å²) in [5, 5.41) is 8.82. The summed E-state index contributed by atoms with van der Waals surface area (Å²) in [5.41, 5.74) is 2.09. The summed E-state index contributed by atoms with van der Waals surface area (Å²) in [6, 6.07) is 7.93. The molecule has 2 heterocycles. The Morgan fingerprint density at radius 2 is 2.18 bits per heavy atom. The molecule has 2 aromatic rings. The SMILES string of the molecule is OCc1ccc2cccn2c1. The zero-order valence-corrected chi connectivity index (χ0v) is 6.07. The monoisotopic (exact) mass is 147 g/mol. The molecule has 0 bridgehead atoms. The van der Waals surface area contributed by atoms with E-state index in [0.717, 1.165) is 11.1 Å². The van der Waals surface area contributed by atoms with E-state index in [4.69, 9.17) is 5.11 Å². The fraction of sp³-hybridized carbons (Fsp3) is 0.111. The molecule has 0 amide bonds. The maximum atomic E-state index is 8.82. The van der Waals surface area contributed by atoms with Crippen molar-refractivity contribution in [3.63, 3.8) is 0 Å². The maximum Gasteiger partial charge on any atom is 0.0696 e. The molecule has 0 aliphatic carbocycles. The van der Waals surface area contributed by atoms with Crippen LogP contribution in [0.3, 0.4) is 0 Å². The third-order valence-electron chi connectivity index (χ3n) is 1.77. The van der Waals surface area contributed by atoms with E-state index < -0.39 is 0 Å². The molecular weight excluding hydrogens is 138 g/mol. The second-order valence-corrected chi connectivity index (χ2v) is 2.54. The van der Waals surface area contributed by atoms with Crippen LogP contribution in [0.1, 0.15) is 5.56 Å². The third-order valence-corrected chi connectivity index (χ3v) is 1.77. The lowest BCUT2D eigenvalue weighted by atomic mass is 10.3. The largest absolute Gasteiger partial charge is 0.392 e. The van der Waals surface area contributed by atoms with Gasteiger partial charge in [0, 0.05) is 17.9 Å². The van der Waals surface area contributed by atoms with Gasteiger partial charge in [0.1, 0.15) is 0 Å². The number of fused-ring (bicyclic) bond motifs is 1. The first-order valence-corrected chi connectivity index (χ1v) is 3.56. The van der Waals surface area contributed by atoms with Crippen molar-refractivity contribution in [1.82, 2.24) is 4.40 Å². The maximum absolute atomic E-state index is 8.82. The average molecular weight is 147 g/mol. The Labute approximate surface area is 64.7 Å². The fourth-order valence-corrected chi connectivity index (χ4v) is 1.17. The van der Waals surface area contributed by atoms with E-state index in [1.54, 1.807) is 0 Å². The van der Waals surface area contributed by atoms with Crippen LogP contribution in [0.25, 0.3) is 5.52 Å². The van der Waals surface area contributed by atoms with E-state index in [-0.39, 0.29) is 6.61 Å². The topological polar surface area (TPSA) is 24.6 Å². The van der Waals surface area contributed by atoms with Gasteiger partial charge in [-0.3, -0.25) is 0 Å². The molecule has 2 aromatic heterocycles. The third kappa shape index (κ3) is 1.01. The lowest BCUT2D eigenvalue weighted by Gasteiger charge is -1.97. The summed E-state index contributed by atoms with van der Waals surface area (Å²) < 4.78 is 1.99. The summed E-state index contributed by atoms with van der Waals surface area (Å²) in [5.74, 6) is 0. The normalized spacial score (nSPS) is 10.6. The van der Waals surface area contributed by atoms with E-state index in [2.05, 4.69) is 0 Å². The number of aliphatic hydroxyl groups is 1. The van der Waals surface area contributed by atoms with Crippen LogP contribution >= 0.6 is 0 Å². The summed E-state index contributed by atoms with van der Waals surface area (Å²) in [4.78, 5) is 0. The van der Waals surface area contributed by atoms with Crippen molar-refractivity contribution in [2.45, 2.75) is 6.61 Å². The van der Waals surface area contributed by atoms with Crippen LogP contribution in [0.2, 0.25) is 0 Å². The van der Waals surface area contributed by atoms with Crippen LogP contribution in [-0.2, 0) is 6.61 Å². The van der Waals surface area contributed by atoms with Crippen LogP contribution < -0.4 is 0 Å². The molecule has 2 heteroatoms. The lowest BCUT2D eigenvalue weighted by molar-refractivity contribution is 0.281. The predicted octanol–water partition coefficient (Wildman–Crippen LogP) is 1.43. The molecule has 0 aliphatic rings. The molecular formula is C9H9NO. The molecule has 0 fully saturated rings. The standard InChI is InChI=1S/C9H9NO/c11-7-8-3-4-9-2-1-5-10(9)6-8/h1-6,11H,7H2. The molecule has 2 nitrogen and oxygen atoms in total. The molecule has 0 aliphatic heterocycles. The van der Waals surface area contributed by atoms with Crippen molar-refractivity contribution in [1.29, 1.82) is 0 Å². The molecule has 11 heavy (non-hydrogen) atoms. The number of hydrogen-bond donors (Lipinski definition) is 1. The van der Waals surface area contributed by atoms with E-state index in [0.29, 0.717) is 0 Å². The van der Waals surface area contributed by atoms with Crippen molar-refractivity contribution in [3.8, 4) is 0 Å². The Hall–Kier alpha value is -1.28. The van der Waals surface area contributed by atoms with Crippen molar-refractivity contribution in [2.75, 3.05) is 0 Å². The van der Waals surface area contributed by atoms with E-state index in [1.807, 2.05) is 41.1 Å². The number of hydrogen-bond acceptors (Lipinski definition) is 1.